The fraction of sp³-hybridized carbons (Fsp3) is 0.389. The Labute approximate surface area is 151 Å². The van der Waals surface area contributed by atoms with Crippen LogP contribution < -0.4 is 5.32 Å². The summed E-state index contributed by atoms with van der Waals surface area (Å²) in [6, 6.07) is 6.62. The van der Waals surface area contributed by atoms with Crippen molar-refractivity contribution >= 4 is 34.6 Å². The fourth-order valence-corrected chi connectivity index (χ4v) is 3.20. The van der Waals surface area contributed by atoms with E-state index in [4.69, 9.17) is 11.6 Å². The Morgan fingerprint density at radius 3 is 2.50 bits per heavy atom. The first-order valence-corrected chi connectivity index (χ1v) is 9.19. The molecule has 0 saturated heterocycles. The van der Waals surface area contributed by atoms with Crippen LogP contribution in [0.4, 0.5) is 0 Å². The van der Waals surface area contributed by atoms with E-state index in [-0.39, 0.29) is 30.6 Å². The predicted octanol–water partition coefficient (Wildman–Crippen LogP) is 4.66. The number of benzene rings is 1. The molecular weight excluding hydrogens is 344 g/mol. The van der Waals surface area contributed by atoms with E-state index in [1.807, 2.05) is 5.38 Å². The summed E-state index contributed by atoms with van der Waals surface area (Å²) in [5.41, 5.74) is 0.575. The summed E-state index contributed by atoms with van der Waals surface area (Å²) < 4.78 is 0. The third kappa shape index (κ3) is 5.73. The highest BCUT2D eigenvalue weighted by Crippen LogP contribution is 2.23. The van der Waals surface area contributed by atoms with Crippen molar-refractivity contribution in [3.8, 4) is 0 Å². The standard InChI is InChI=1S/C18H21ClN2O2S/c1-12(2)11-15(18-20-9-10-24-18)21-17(23)8-7-16(22)13-3-5-14(19)6-4-13/h3-6,9-10,12,15H,7-8,11H2,1-2H3,(H,21,23). The van der Waals surface area contributed by atoms with Crippen molar-refractivity contribution in [3.05, 3.63) is 51.4 Å². The van der Waals surface area contributed by atoms with Crippen LogP contribution in [0.5, 0.6) is 0 Å². The van der Waals surface area contributed by atoms with E-state index >= 15 is 0 Å². The summed E-state index contributed by atoms with van der Waals surface area (Å²) in [6.07, 6.45) is 2.91. The first-order chi connectivity index (χ1) is 11.5. The van der Waals surface area contributed by atoms with Crippen molar-refractivity contribution in [2.45, 2.75) is 39.2 Å². The quantitative estimate of drug-likeness (QED) is 0.693. The second kappa shape index (κ2) is 8.94. The normalized spacial score (nSPS) is 12.2. The number of amides is 1. The minimum absolute atomic E-state index is 0.0588. The zero-order chi connectivity index (χ0) is 17.5. The number of ketones is 1. The minimum Gasteiger partial charge on any atom is -0.347 e. The summed E-state index contributed by atoms with van der Waals surface area (Å²) in [4.78, 5) is 28.6. The molecule has 24 heavy (non-hydrogen) atoms. The molecule has 0 spiro atoms. The second-order valence-electron chi connectivity index (χ2n) is 6.05. The molecule has 1 amide bonds. The number of halogens is 1. The average Bonchev–Trinajstić information content (AvgIpc) is 3.06. The number of rotatable bonds is 8. The number of hydrogen-bond donors (Lipinski definition) is 1. The van der Waals surface area contributed by atoms with Gasteiger partial charge in [0.1, 0.15) is 5.01 Å². The summed E-state index contributed by atoms with van der Waals surface area (Å²) >= 11 is 7.34. The molecule has 0 saturated carbocycles. The molecular formula is C18H21ClN2O2S. The van der Waals surface area contributed by atoms with Crippen molar-refractivity contribution in [2.24, 2.45) is 5.92 Å². The van der Waals surface area contributed by atoms with Gasteiger partial charge in [0.25, 0.3) is 0 Å². The molecule has 0 fully saturated rings. The number of thiazole rings is 1. The molecule has 2 aromatic rings. The van der Waals surface area contributed by atoms with Gasteiger partial charge in [-0.15, -0.1) is 11.3 Å². The monoisotopic (exact) mass is 364 g/mol. The summed E-state index contributed by atoms with van der Waals surface area (Å²) in [5, 5.41) is 6.40. The fourth-order valence-electron chi connectivity index (χ4n) is 2.37. The van der Waals surface area contributed by atoms with E-state index in [1.165, 1.54) is 11.3 Å². The topological polar surface area (TPSA) is 59.1 Å². The van der Waals surface area contributed by atoms with Crippen LogP contribution in [0, 0.1) is 5.92 Å². The Morgan fingerprint density at radius 2 is 1.92 bits per heavy atom. The molecule has 1 atom stereocenters. The molecule has 0 aliphatic carbocycles. The van der Waals surface area contributed by atoms with E-state index < -0.39 is 0 Å². The molecule has 0 bridgehead atoms. The zero-order valence-electron chi connectivity index (χ0n) is 13.8. The number of hydrogen-bond acceptors (Lipinski definition) is 4. The van der Waals surface area contributed by atoms with Gasteiger partial charge in [0, 0.05) is 35.0 Å². The van der Waals surface area contributed by atoms with Crippen molar-refractivity contribution < 1.29 is 9.59 Å². The van der Waals surface area contributed by atoms with Crippen LogP contribution in [0.2, 0.25) is 5.02 Å². The van der Waals surface area contributed by atoms with Crippen molar-refractivity contribution in [3.63, 3.8) is 0 Å². The smallest absolute Gasteiger partial charge is 0.221 e. The largest absolute Gasteiger partial charge is 0.347 e. The van der Waals surface area contributed by atoms with E-state index in [2.05, 4.69) is 24.1 Å². The maximum Gasteiger partial charge on any atom is 0.221 e. The van der Waals surface area contributed by atoms with E-state index in [9.17, 15) is 9.59 Å². The van der Waals surface area contributed by atoms with Crippen LogP contribution in [-0.4, -0.2) is 16.7 Å². The van der Waals surface area contributed by atoms with Gasteiger partial charge in [-0.25, -0.2) is 4.98 Å². The highest BCUT2D eigenvalue weighted by atomic mass is 35.5. The maximum atomic E-state index is 12.2. The van der Waals surface area contributed by atoms with Gasteiger partial charge in [0.05, 0.1) is 6.04 Å². The Kier molecular flexibility index (Phi) is 6.94. The van der Waals surface area contributed by atoms with Gasteiger partial charge in [-0.05, 0) is 36.6 Å². The highest BCUT2D eigenvalue weighted by molar-refractivity contribution is 7.09. The van der Waals surface area contributed by atoms with Crippen LogP contribution >= 0.6 is 22.9 Å². The molecule has 2 rings (SSSR count). The summed E-state index contributed by atoms with van der Waals surface area (Å²) in [5.74, 6) is 0.254. The lowest BCUT2D eigenvalue weighted by Gasteiger charge is -2.18. The molecule has 1 aromatic carbocycles. The number of Topliss-reactive ketones (excluding diaryl/α,β-unsaturated/α-hetero) is 1. The molecule has 1 heterocycles. The van der Waals surface area contributed by atoms with Crippen molar-refractivity contribution in [1.82, 2.24) is 10.3 Å². The lowest BCUT2D eigenvalue weighted by atomic mass is 10.0. The maximum absolute atomic E-state index is 12.2. The number of aromatic nitrogens is 1. The molecule has 1 aromatic heterocycles. The van der Waals surface area contributed by atoms with Crippen LogP contribution in [0.3, 0.4) is 0 Å². The molecule has 1 unspecified atom stereocenters. The lowest BCUT2D eigenvalue weighted by molar-refractivity contribution is -0.121. The predicted molar refractivity (Wildman–Crippen MR) is 97.5 cm³/mol. The number of carbonyl (C=O) groups is 2. The van der Waals surface area contributed by atoms with Gasteiger partial charge < -0.3 is 5.32 Å². The molecule has 4 nitrogen and oxygen atoms in total. The molecule has 1 N–H and O–H groups in total. The molecule has 0 aliphatic rings. The molecule has 128 valence electrons. The Hall–Kier alpha value is -1.72. The zero-order valence-corrected chi connectivity index (χ0v) is 15.4. The SMILES string of the molecule is CC(C)CC(NC(=O)CCC(=O)c1ccc(Cl)cc1)c1nccs1. The van der Waals surface area contributed by atoms with Gasteiger partial charge in [-0.1, -0.05) is 25.4 Å². The molecule has 0 aliphatic heterocycles. The Balaban J connectivity index is 1.89. The molecule has 0 radical (unpaired) electrons. The van der Waals surface area contributed by atoms with Crippen molar-refractivity contribution in [1.29, 1.82) is 0 Å². The number of nitrogens with zero attached hydrogens (tertiary/aromatic N) is 1. The van der Waals surface area contributed by atoms with Gasteiger partial charge in [0.15, 0.2) is 5.78 Å². The van der Waals surface area contributed by atoms with E-state index in [1.54, 1.807) is 30.5 Å². The second-order valence-corrected chi connectivity index (χ2v) is 7.41. The molecule has 6 heteroatoms. The summed E-state index contributed by atoms with van der Waals surface area (Å²) in [7, 11) is 0. The van der Waals surface area contributed by atoms with E-state index in [0.717, 1.165) is 11.4 Å². The highest BCUT2D eigenvalue weighted by Gasteiger charge is 2.19. The van der Waals surface area contributed by atoms with Crippen molar-refractivity contribution in [2.75, 3.05) is 0 Å². The third-order valence-electron chi connectivity index (χ3n) is 3.54. The minimum atomic E-state index is -0.127. The Bertz CT molecular complexity index is 669. The van der Waals surface area contributed by atoms with Crippen LogP contribution in [0.15, 0.2) is 35.8 Å². The van der Waals surface area contributed by atoms with Gasteiger partial charge in [-0.3, -0.25) is 9.59 Å². The number of nitrogens with one attached hydrogen (secondary N) is 1. The van der Waals surface area contributed by atoms with Gasteiger partial charge in [0.2, 0.25) is 5.91 Å². The van der Waals surface area contributed by atoms with E-state index in [0.29, 0.717) is 16.5 Å². The van der Waals surface area contributed by atoms with Gasteiger partial charge in [-0.2, -0.15) is 0 Å². The average molecular weight is 365 g/mol. The lowest BCUT2D eigenvalue weighted by Crippen LogP contribution is -2.29. The number of carbonyl (C=O) groups excluding carboxylic acids is 2. The Morgan fingerprint density at radius 1 is 1.21 bits per heavy atom. The third-order valence-corrected chi connectivity index (χ3v) is 4.68. The van der Waals surface area contributed by atoms with Crippen LogP contribution in [-0.2, 0) is 4.79 Å². The van der Waals surface area contributed by atoms with Crippen LogP contribution in [0.25, 0.3) is 0 Å². The summed E-state index contributed by atoms with van der Waals surface area (Å²) in [6.45, 7) is 4.22. The first-order valence-electron chi connectivity index (χ1n) is 7.93. The van der Waals surface area contributed by atoms with Gasteiger partial charge >= 0.3 is 0 Å². The van der Waals surface area contributed by atoms with Crippen LogP contribution in [0.1, 0.15) is 54.5 Å². The first kappa shape index (κ1) is 18.6.